The lowest BCUT2D eigenvalue weighted by Crippen LogP contribution is -2.23. The van der Waals surface area contributed by atoms with E-state index in [0.29, 0.717) is 6.04 Å². The molecule has 96 valence electrons. The van der Waals surface area contributed by atoms with E-state index < -0.39 is 0 Å². The van der Waals surface area contributed by atoms with E-state index in [1.165, 1.54) is 24.0 Å². The van der Waals surface area contributed by atoms with Gasteiger partial charge in [0, 0.05) is 19.2 Å². The standard InChI is InChI=1S/C15H25NO/c1-4-6-14-7-9-15(10-8-14)13(3)16-11-12-17-5-2/h7-10,13,16H,4-6,11-12H2,1-3H3. The molecule has 0 spiro atoms. The number of aryl methyl sites for hydroxylation is 1. The Labute approximate surface area is 105 Å². The average Bonchev–Trinajstić information content (AvgIpc) is 2.36. The van der Waals surface area contributed by atoms with Crippen LogP contribution in [0, 0.1) is 0 Å². The molecule has 17 heavy (non-hydrogen) atoms. The Balaban J connectivity index is 2.37. The van der Waals surface area contributed by atoms with Gasteiger partial charge in [0.15, 0.2) is 0 Å². The molecule has 0 bridgehead atoms. The van der Waals surface area contributed by atoms with Crippen molar-refractivity contribution in [3.05, 3.63) is 35.4 Å². The maximum atomic E-state index is 5.31. The highest BCUT2D eigenvalue weighted by molar-refractivity contribution is 5.24. The molecule has 0 aliphatic rings. The monoisotopic (exact) mass is 235 g/mol. The number of hydrogen-bond acceptors (Lipinski definition) is 2. The summed E-state index contributed by atoms with van der Waals surface area (Å²) < 4.78 is 5.31. The van der Waals surface area contributed by atoms with Crippen molar-refractivity contribution in [1.82, 2.24) is 5.32 Å². The van der Waals surface area contributed by atoms with E-state index in [1.807, 2.05) is 6.92 Å². The van der Waals surface area contributed by atoms with Gasteiger partial charge in [-0.25, -0.2) is 0 Å². The van der Waals surface area contributed by atoms with Crippen LogP contribution in [0.3, 0.4) is 0 Å². The third-order valence-electron chi connectivity index (χ3n) is 2.92. The van der Waals surface area contributed by atoms with E-state index in [0.717, 1.165) is 19.8 Å². The zero-order valence-corrected chi connectivity index (χ0v) is 11.3. The van der Waals surface area contributed by atoms with Crippen molar-refractivity contribution in [3.8, 4) is 0 Å². The summed E-state index contributed by atoms with van der Waals surface area (Å²) in [6.45, 7) is 8.92. The topological polar surface area (TPSA) is 21.3 Å². The Morgan fingerprint density at radius 1 is 1.18 bits per heavy atom. The molecule has 2 heteroatoms. The van der Waals surface area contributed by atoms with E-state index >= 15 is 0 Å². The lowest BCUT2D eigenvalue weighted by atomic mass is 10.0. The van der Waals surface area contributed by atoms with Gasteiger partial charge in [-0.2, -0.15) is 0 Å². The Morgan fingerprint density at radius 2 is 1.88 bits per heavy atom. The van der Waals surface area contributed by atoms with E-state index in [1.54, 1.807) is 0 Å². The fraction of sp³-hybridized carbons (Fsp3) is 0.600. The van der Waals surface area contributed by atoms with Gasteiger partial charge in [-0.1, -0.05) is 37.6 Å². The van der Waals surface area contributed by atoms with E-state index in [2.05, 4.69) is 43.4 Å². The van der Waals surface area contributed by atoms with Crippen LogP contribution in [0.25, 0.3) is 0 Å². The summed E-state index contributed by atoms with van der Waals surface area (Å²) >= 11 is 0. The quantitative estimate of drug-likeness (QED) is 0.698. The van der Waals surface area contributed by atoms with Gasteiger partial charge in [0.05, 0.1) is 6.61 Å². The second kappa shape index (κ2) is 8.26. The Hall–Kier alpha value is -0.860. The molecule has 0 aliphatic carbocycles. The van der Waals surface area contributed by atoms with Crippen LogP contribution in [0.15, 0.2) is 24.3 Å². The summed E-state index contributed by atoms with van der Waals surface area (Å²) in [5.41, 5.74) is 2.78. The first kappa shape index (κ1) is 14.2. The molecule has 0 saturated carbocycles. The summed E-state index contributed by atoms with van der Waals surface area (Å²) in [4.78, 5) is 0. The second-order valence-electron chi connectivity index (χ2n) is 4.36. The summed E-state index contributed by atoms with van der Waals surface area (Å²) in [7, 11) is 0. The van der Waals surface area contributed by atoms with E-state index in [-0.39, 0.29) is 0 Å². The van der Waals surface area contributed by atoms with Crippen LogP contribution in [0.5, 0.6) is 0 Å². The molecule has 0 fully saturated rings. The van der Waals surface area contributed by atoms with Crippen LogP contribution in [0.4, 0.5) is 0 Å². The molecule has 0 amide bonds. The highest BCUT2D eigenvalue weighted by Crippen LogP contribution is 2.13. The molecule has 0 heterocycles. The molecule has 0 aliphatic heterocycles. The number of rotatable bonds is 8. The first-order valence-corrected chi connectivity index (χ1v) is 6.67. The highest BCUT2D eigenvalue weighted by Gasteiger charge is 2.03. The Bertz CT molecular complexity index is 294. The maximum absolute atomic E-state index is 5.31. The fourth-order valence-electron chi connectivity index (χ4n) is 1.87. The molecule has 0 saturated heterocycles. The largest absolute Gasteiger partial charge is 0.380 e. The van der Waals surface area contributed by atoms with Crippen LogP contribution in [-0.4, -0.2) is 19.8 Å². The lowest BCUT2D eigenvalue weighted by Gasteiger charge is -2.14. The van der Waals surface area contributed by atoms with Crippen LogP contribution in [-0.2, 0) is 11.2 Å². The fourth-order valence-corrected chi connectivity index (χ4v) is 1.87. The second-order valence-corrected chi connectivity index (χ2v) is 4.36. The third kappa shape index (κ3) is 5.33. The molecular weight excluding hydrogens is 210 g/mol. The van der Waals surface area contributed by atoms with E-state index in [4.69, 9.17) is 4.74 Å². The van der Waals surface area contributed by atoms with Crippen LogP contribution in [0.2, 0.25) is 0 Å². The Morgan fingerprint density at radius 3 is 2.47 bits per heavy atom. The molecule has 0 aromatic heterocycles. The summed E-state index contributed by atoms with van der Waals surface area (Å²) in [6.07, 6.45) is 2.38. The summed E-state index contributed by atoms with van der Waals surface area (Å²) in [5.74, 6) is 0. The van der Waals surface area contributed by atoms with Crippen LogP contribution >= 0.6 is 0 Å². The maximum Gasteiger partial charge on any atom is 0.0590 e. The van der Waals surface area contributed by atoms with Crippen molar-refractivity contribution in [2.24, 2.45) is 0 Å². The van der Waals surface area contributed by atoms with Gasteiger partial charge in [-0.3, -0.25) is 0 Å². The zero-order chi connectivity index (χ0) is 12.5. The smallest absolute Gasteiger partial charge is 0.0590 e. The molecule has 1 unspecified atom stereocenters. The van der Waals surface area contributed by atoms with Crippen molar-refractivity contribution in [1.29, 1.82) is 0 Å². The minimum Gasteiger partial charge on any atom is -0.380 e. The minimum absolute atomic E-state index is 0.395. The Kier molecular flexibility index (Phi) is 6.90. The van der Waals surface area contributed by atoms with Crippen molar-refractivity contribution < 1.29 is 4.74 Å². The number of benzene rings is 1. The SMILES string of the molecule is CCCc1ccc(C(C)NCCOCC)cc1. The lowest BCUT2D eigenvalue weighted by molar-refractivity contribution is 0.147. The minimum atomic E-state index is 0.395. The van der Waals surface area contributed by atoms with Gasteiger partial charge in [0.25, 0.3) is 0 Å². The predicted octanol–water partition coefficient (Wildman–Crippen LogP) is 3.33. The van der Waals surface area contributed by atoms with Gasteiger partial charge in [-0.15, -0.1) is 0 Å². The molecule has 2 nitrogen and oxygen atoms in total. The van der Waals surface area contributed by atoms with Gasteiger partial charge in [0.1, 0.15) is 0 Å². The predicted molar refractivity (Wildman–Crippen MR) is 73.3 cm³/mol. The molecular formula is C15H25NO. The molecule has 1 aromatic carbocycles. The number of ether oxygens (including phenoxy) is 1. The third-order valence-corrected chi connectivity index (χ3v) is 2.92. The molecule has 0 radical (unpaired) electrons. The van der Waals surface area contributed by atoms with Crippen molar-refractivity contribution in [2.45, 2.75) is 39.7 Å². The van der Waals surface area contributed by atoms with Gasteiger partial charge >= 0.3 is 0 Å². The van der Waals surface area contributed by atoms with Gasteiger partial charge in [0.2, 0.25) is 0 Å². The molecule has 1 atom stereocenters. The van der Waals surface area contributed by atoms with Crippen LogP contribution in [0.1, 0.15) is 44.4 Å². The van der Waals surface area contributed by atoms with Crippen molar-refractivity contribution in [3.63, 3.8) is 0 Å². The molecule has 1 rings (SSSR count). The summed E-state index contributed by atoms with van der Waals surface area (Å²) in [5, 5.41) is 3.46. The first-order chi connectivity index (χ1) is 8.27. The number of hydrogen-bond donors (Lipinski definition) is 1. The first-order valence-electron chi connectivity index (χ1n) is 6.67. The van der Waals surface area contributed by atoms with Gasteiger partial charge in [-0.05, 0) is 31.4 Å². The average molecular weight is 235 g/mol. The molecule has 1 aromatic rings. The van der Waals surface area contributed by atoms with Crippen LogP contribution < -0.4 is 5.32 Å². The molecule has 1 N–H and O–H groups in total. The van der Waals surface area contributed by atoms with E-state index in [9.17, 15) is 0 Å². The van der Waals surface area contributed by atoms with Crippen molar-refractivity contribution >= 4 is 0 Å². The number of nitrogens with one attached hydrogen (secondary N) is 1. The van der Waals surface area contributed by atoms with Gasteiger partial charge < -0.3 is 10.1 Å². The zero-order valence-electron chi connectivity index (χ0n) is 11.3. The summed E-state index contributed by atoms with van der Waals surface area (Å²) in [6, 6.07) is 9.32. The van der Waals surface area contributed by atoms with Crippen molar-refractivity contribution in [2.75, 3.05) is 19.8 Å². The highest BCUT2D eigenvalue weighted by atomic mass is 16.5. The normalized spacial score (nSPS) is 12.6.